The lowest BCUT2D eigenvalue weighted by Crippen LogP contribution is -2.51. The molecule has 1 aliphatic carbocycles. The monoisotopic (exact) mass is 304 g/mol. The minimum absolute atomic E-state index is 0.0145. The molecule has 1 saturated carbocycles. The molecule has 2 aliphatic rings. The number of benzene rings is 1. The van der Waals surface area contributed by atoms with Gasteiger partial charge in [-0.1, -0.05) is 25.1 Å². The molecule has 2 fully saturated rings. The highest BCUT2D eigenvalue weighted by molar-refractivity contribution is 5.81. The van der Waals surface area contributed by atoms with E-state index in [1.165, 1.54) is 6.07 Å². The van der Waals surface area contributed by atoms with Gasteiger partial charge in [0.1, 0.15) is 5.82 Å². The van der Waals surface area contributed by atoms with Gasteiger partial charge in [-0.15, -0.1) is 0 Å². The number of nitrogens with one attached hydrogen (secondary N) is 1. The summed E-state index contributed by atoms with van der Waals surface area (Å²) in [5.41, 5.74) is 0.714. The number of halogens is 1. The first-order valence-electron chi connectivity index (χ1n) is 8.35. The van der Waals surface area contributed by atoms with Gasteiger partial charge in [0.2, 0.25) is 5.91 Å². The molecule has 1 heterocycles. The van der Waals surface area contributed by atoms with Crippen molar-refractivity contribution in [2.75, 3.05) is 13.1 Å². The second-order valence-corrected chi connectivity index (χ2v) is 6.84. The van der Waals surface area contributed by atoms with Crippen molar-refractivity contribution in [3.63, 3.8) is 0 Å². The summed E-state index contributed by atoms with van der Waals surface area (Å²) in [5, 5.41) is 3.55. The Hall–Kier alpha value is -1.42. The number of amides is 1. The summed E-state index contributed by atoms with van der Waals surface area (Å²) < 4.78 is 13.9. The molecule has 0 spiro atoms. The Balaban J connectivity index is 1.57. The highest BCUT2D eigenvalue weighted by atomic mass is 19.1. The fourth-order valence-electron chi connectivity index (χ4n) is 3.42. The minimum Gasteiger partial charge on any atom is -0.342 e. The molecular weight excluding hydrogens is 279 g/mol. The first-order valence-corrected chi connectivity index (χ1v) is 8.35. The second-order valence-electron chi connectivity index (χ2n) is 6.84. The maximum atomic E-state index is 13.9. The van der Waals surface area contributed by atoms with Crippen LogP contribution in [-0.2, 0) is 4.79 Å². The lowest BCUT2D eigenvalue weighted by Gasteiger charge is -2.39. The number of carbonyl (C=O) groups excluding carboxylic acids is 1. The highest BCUT2D eigenvalue weighted by Crippen LogP contribution is 2.32. The fraction of sp³-hybridized carbons (Fsp3) is 0.611. The van der Waals surface area contributed by atoms with Crippen LogP contribution in [0.5, 0.6) is 0 Å². The second kappa shape index (κ2) is 6.37. The van der Waals surface area contributed by atoms with Gasteiger partial charge in [-0.05, 0) is 38.2 Å². The van der Waals surface area contributed by atoms with Crippen LogP contribution in [0.3, 0.4) is 0 Å². The van der Waals surface area contributed by atoms with E-state index in [0.29, 0.717) is 29.3 Å². The van der Waals surface area contributed by atoms with E-state index in [1.807, 2.05) is 24.0 Å². The summed E-state index contributed by atoms with van der Waals surface area (Å²) in [6.45, 7) is 5.82. The van der Waals surface area contributed by atoms with Crippen LogP contribution in [-0.4, -0.2) is 29.9 Å². The molecule has 3 rings (SSSR count). The molecule has 0 unspecified atom stereocenters. The first kappa shape index (κ1) is 15.5. The molecule has 120 valence electrons. The lowest BCUT2D eigenvalue weighted by molar-refractivity contribution is -0.134. The number of hydrogen-bond acceptors (Lipinski definition) is 2. The van der Waals surface area contributed by atoms with Crippen molar-refractivity contribution >= 4 is 5.91 Å². The Morgan fingerprint density at radius 1 is 1.32 bits per heavy atom. The summed E-state index contributed by atoms with van der Waals surface area (Å²) in [4.78, 5) is 14.2. The van der Waals surface area contributed by atoms with E-state index in [4.69, 9.17) is 0 Å². The largest absolute Gasteiger partial charge is 0.342 e. The van der Waals surface area contributed by atoms with E-state index in [1.54, 1.807) is 6.07 Å². The number of rotatable bonds is 4. The van der Waals surface area contributed by atoms with Gasteiger partial charge in [-0.25, -0.2) is 4.39 Å². The zero-order chi connectivity index (χ0) is 15.7. The van der Waals surface area contributed by atoms with Gasteiger partial charge < -0.3 is 10.2 Å². The summed E-state index contributed by atoms with van der Waals surface area (Å²) in [6.07, 6.45) is 3.07. The van der Waals surface area contributed by atoms with E-state index in [-0.39, 0.29) is 11.9 Å². The maximum Gasteiger partial charge on any atom is 0.225 e. The molecule has 1 saturated heterocycles. The highest BCUT2D eigenvalue weighted by Gasteiger charge is 2.37. The van der Waals surface area contributed by atoms with Gasteiger partial charge >= 0.3 is 0 Å². The van der Waals surface area contributed by atoms with Crippen molar-refractivity contribution in [2.24, 2.45) is 11.8 Å². The first-order chi connectivity index (χ1) is 10.6. The van der Waals surface area contributed by atoms with Crippen LogP contribution in [0.4, 0.5) is 4.39 Å². The van der Waals surface area contributed by atoms with Crippen LogP contribution in [0.2, 0.25) is 0 Å². The Morgan fingerprint density at radius 2 is 2.05 bits per heavy atom. The molecule has 3 nitrogen and oxygen atoms in total. The van der Waals surface area contributed by atoms with Gasteiger partial charge in [0.05, 0.1) is 0 Å². The SMILES string of the molecule is C[C@H](N[C@H]1CCN(C(=O)C2CC2)C[C@H]1C)c1ccccc1F. The molecule has 1 aromatic rings. The standard InChI is InChI=1S/C18H25FN2O/c1-12-11-21(18(22)14-7-8-14)10-9-17(12)20-13(2)15-5-3-4-6-16(15)19/h3-6,12-14,17,20H,7-11H2,1-2H3/t12-,13+,17+/m1/s1. The zero-order valence-corrected chi connectivity index (χ0v) is 13.4. The molecule has 22 heavy (non-hydrogen) atoms. The van der Waals surface area contributed by atoms with Crippen LogP contribution in [0.25, 0.3) is 0 Å². The summed E-state index contributed by atoms with van der Waals surface area (Å²) in [7, 11) is 0. The summed E-state index contributed by atoms with van der Waals surface area (Å²) in [6, 6.07) is 7.25. The molecule has 0 radical (unpaired) electrons. The van der Waals surface area contributed by atoms with E-state index < -0.39 is 0 Å². The third kappa shape index (κ3) is 3.32. The molecule has 4 heteroatoms. The molecular formula is C18H25FN2O. The molecule has 3 atom stereocenters. The van der Waals surface area contributed by atoms with Crippen molar-refractivity contribution in [1.29, 1.82) is 0 Å². The number of likely N-dealkylation sites (tertiary alicyclic amines) is 1. The van der Waals surface area contributed by atoms with Crippen molar-refractivity contribution in [3.05, 3.63) is 35.6 Å². The quantitative estimate of drug-likeness (QED) is 0.927. The van der Waals surface area contributed by atoms with Crippen molar-refractivity contribution in [3.8, 4) is 0 Å². The molecule has 1 amide bonds. The third-order valence-corrected chi connectivity index (χ3v) is 4.98. The molecule has 1 aromatic carbocycles. The Bertz CT molecular complexity index is 544. The smallest absolute Gasteiger partial charge is 0.225 e. The minimum atomic E-state index is -0.156. The van der Waals surface area contributed by atoms with Crippen LogP contribution in [0, 0.1) is 17.7 Å². The predicted octanol–water partition coefficient (Wildman–Crippen LogP) is 3.12. The maximum absolute atomic E-state index is 13.9. The topological polar surface area (TPSA) is 32.3 Å². The Labute approximate surface area is 131 Å². The van der Waals surface area contributed by atoms with Crippen molar-refractivity contribution < 1.29 is 9.18 Å². The summed E-state index contributed by atoms with van der Waals surface area (Å²) >= 11 is 0. The van der Waals surface area contributed by atoms with Gasteiger partial charge in [-0.2, -0.15) is 0 Å². The van der Waals surface area contributed by atoms with E-state index >= 15 is 0 Å². The van der Waals surface area contributed by atoms with Crippen LogP contribution in [0.15, 0.2) is 24.3 Å². The van der Waals surface area contributed by atoms with Crippen molar-refractivity contribution in [2.45, 2.75) is 45.2 Å². The van der Waals surface area contributed by atoms with E-state index in [9.17, 15) is 9.18 Å². The Morgan fingerprint density at radius 3 is 2.68 bits per heavy atom. The summed E-state index contributed by atoms with van der Waals surface area (Å²) in [5.74, 6) is 0.878. The van der Waals surface area contributed by atoms with Crippen LogP contribution < -0.4 is 5.32 Å². The molecule has 0 aromatic heterocycles. The molecule has 1 N–H and O–H groups in total. The predicted molar refractivity (Wildman–Crippen MR) is 84.8 cm³/mol. The normalized spacial score (nSPS) is 26.8. The van der Waals surface area contributed by atoms with Crippen LogP contribution in [0.1, 0.15) is 44.7 Å². The lowest BCUT2D eigenvalue weighted by atomic mass is 9.92. The Kier molecular flexibility index (Phi) is 4.48. The number of hydrogen-bond donors (Lipinski definition) is 1. The number of carbonyl (C=O) groups is 1. The molecule has 0 bridgehead atoms. The van der Waals surface area contributed by atoms with E-state index in [0.717, 1.165) is 32.4 Å². The average molecular weight is 304 g/mol. The number of piperidine rings is 1. The number of nitrogens with zero attached hydrogens (tertiary/aromatic N) is 1. The third-order valence-electron chi connectivity index (χ3n) is 4.98. The van der Waals surface area contributed by atoms with Gasteiger partial charge in [0.15, 0.2) is 0 Å². The van der Waals surface area contributed by atoms with E-state index in [2.05, 4.69) is 12.2 Å². The van der Waals surface area contributed by atoms with Gasteiger partial charge in [0, 0.05) is 36.7 Å². The zero-order valence-electron chi connectivity index (χ0n) is 13.4. The van der Waals surface area contributed by atoms with Crippen LogP contribution >= 0.6 is 0 Å². The molecule has 1 aliphatic heterocycles. The fourth-order valence-corrected chi connectivity index (χ4v) is 3.42. The van der Waals surface area contributed by atoms with Crippen molar-refractivity contribution in [1.82, 2.24) is 10.2 Å². The average Bonchev–Trinajstić information content (AvgIpc) is 3.33. The van der Waals surface area contributed by atoms with Gasteiger partial charge in [-0.3, -0.25) is 4.79 Å². The van der Waals surface area contributed by atoms with Gasteiger partial charge in [0.25, 0.3) is 0 Å².